The molecule has 2 unspecified atom stereocenters. The lowest BCUT2D eigenvalue weighted by atomic mass is 9.70. The van der Waals surface area contributed by atoms with Crippen molar-refractivity contribution in [2.24, 2.45) is 11.3 Å². The lowest BCUT2D eigenvalue weighted by Gasteiger charge is -2.40. The van der Waals surface area contributed by atoms with Crippen LogP contribution in [0.3, 0.4) is 0 Å². The first-order chi connectivity index (χ1) is 6.68. The summed E-state index contributed by atoms with van der Waals surface area (Å²) in [5, 5.41) is 10.3. The summed E-state index contributed by atoms with van der Waals surface area (Å²) in [5.41, 5.74) is -1.58. The minimum atomic E-state index is -1.17. The van der Waals surface area contributed by atoms with Crippen molar-refractivity contribution < 1.29 is 14.6 Å². The largest absolute Gasteiger partial charge is 0.465 e. The van der Waals surface area contributed by atoms with Crippen LogP contribution in [0.15, 0.2) is 12.7 Å². The first kappa shape index (κ1) is 14.2. The van der Waals surface area contributed by atoms with Crippen LogP contribution in [0, 0.1) is 11.3 Å². The van der Waals surface area contributed by atoms with E-state index in [0.29, 0.717) is 6.61 Å². The molecule has 0 saturated heterocycles. The summed E-state index contributed by atoms with van der Waals surface area (Å²) in [5.74, 6) is -1.12. The molecule has 3 nitrogen and oxygen atoms in total. The van der Waals surface area contributed by atoms with Crippen molar-refractivity contribution in [1.29, 1.82) is 0 Å². The number of carbonyl (C=O) groups excluding carboxylic acids is 1. The molecular weight excluding hydrogens is 192 g/mol. The van der Waals surface area contributed by atoms with Crippen LogP contribution in [-0.4, -0.2) is 23.3 Å². The summed E-state index contributed by atoms with van der Waals surface area (Å²) in [6, 6.07) is 0. The van der Waals surface area contributed by atoms with Crippen LogP contribution in [0.4, 0.5) is 0 Å². The maximum atomic E-state index is 11.6. The Hall–Kier alpha value is -0.830. The highest BCUT2D eigenvalue weighted by molar-refractivity contribution is 5.76. The summed E-state index contributed by atoms with van der Waals surface area (Å²) in [4.78, 5) is 11.6. The van der Waals surface area contributed by atoms with Gasteiger partial charge in [0.25, 0.3) is 0 Å². The van der Waals surface area contributed by atoms with E-state index in [4.69, 9.17) is 4.74 Å². The van der Waals surface area contributed by atoms with E-state index < -0.39 is 22.9 Å². The molecule has 0 heterocycles. The fraction of sp³-hybridized carbons (Fsp3) is 0.750. The van der Waals surface area contributed by atoms with Gasteiger partial charge in [0.05, 0.1) is 12.2 Å². The molecule has 0 aromatic rings. The molecular formula is C12H22O3. The Balaban J connectivity index is 4.97. The van der Waals surface area contributed by atoms with Crippen LogP contribution in [-0.2, 0) is 9.53 Å². The zero-order valence-corrected chi connectivity index (χ0v) is 10.3. The van der Waals surface area contributed by atoms with Gasteiger partial charge in [-0.25, -0.2) is 0 Å². The number of ether oxygens (including phenoxy) is 1. The molecule has 0 aliphatic rings. The minimum Gasteiger partial charge on any atom is -0.465 e. The number of carbonyl (C=O) groups is 1. The minimum absolute atomic E-state index is 0.309. The van der Waals surface area contributed by atoms with Crippen molar-refractivity contribution >= 4 is 5.97 Å². The summed E-state index contributed by atoms with van der Waals surface area (Å²) in [7, 11) is 0. The predicted molar refractivity (Wildman–Crippen MR) is 60.4 cm³/mol. The van der Waals surface area contributed by atoms with Gasteiger partial charge in [-0.05, 0) is 19.3 Å². The Morgan fingerprint density at radius 2 is 1.93 bits per heavy atom. The highest BCUT2D eigenvalue weighted by atomic mass is 16.5. The zero-order valence-electron chi connectivity index (χ0n) is 10.3. The van der Waals surface area contributed by atoms with Crippen LogP contribution in [0.25, 0.3) is 0 Å². The Bertz CT molecular complexity index is 236. The Kier molecular flexibility index (Phi) is 4.53. The molecule has 0 aliphatic heterocycles. The number of esters is 1. The summed E-state index contributed by atoms with van der Waals surface area (Å²) < 4.78 is 4.91. The second-order valence-corrected chi connectivity index (χ2v) is 4.86. The summed E-state index contributed by atoms with van der Waals surface area (Å²) in [6.45, 7) is 12.9. The smallest absolute Gasteiger partial charge is 0.315 e. The zero-order chi connectivity index (χ0) is 12.3. The van der Waals surface area contributed by atoms with Crippen LogP contribution in [0.2, 0.25) is 0 Å². The molecule has 15 heavy (non-hydrogen) atoms. The first-order valence-corrected chi connectivity index (χ1v) is 5.20. The molecule has 0 fully saturated rings. The summed E-state index contributed by atoms with van der Waals surface area (Å²) >= 11 is 0. The van der Waals surface area contributed by atoms with E-state index in [1.165, 1.54) is 6.08 Å². The monoisotopic (exact) mass is 214 g/mol. The van der Waals surface area contributed by atoms with Crippen molar-refractivity contribution in [3.63, 3.8) is 0 Å². The molecule has 0 rings (SSSR count). The third kappa shape index (κ3) is 3.06. The highest BCUT2D eigenvalue weighted by Crippen LogP contribution is 2.37. The predicted octanol–water partition coefficient (Wildman–Crippen LogP) is 2.15. The van der Waals surface area contributed by atoms with Crippen LogP contribution in [0.1, 0.15) is 34.6 Å². The second-order valence-electron chi connectivity index (χ2n) is 4.86. The molecule has 0 spiro atoms. The molecule has 0 aliphatic carbocycles. The van der Waals surface area contributed by atoms with Crippen LogP contribution < -0.4 is 0 Å². The third-order valence-electron chi connectivity index (χ3n) is 2.90. The van der Waals surface area contributed by atoms with E-state index in [1.807, 2.05) is 20.8 Å². The average molecular weight is 214 g/mol. The molecule has 1 N–H and O–H groups in total. The highest BCUT2D eigenvalue weighted by Gasteiger charge is 2.45. The van der Waals surface area contributed by atoms with Crippen molar-refractivity contribution in [3.05, 3.63) is 12.7 Å². The number of hydrogen-bond donors (Lipinski definition) is 1. The maximum absolute atomic E-state index is 11.6. The van der Waals surface area contributed by atoms with Crippen molar-refractivity contribution in [2.45, 2.75) is 40.2 Å². The molecule has 88 valence electrons. The normalized spacial score (nSPS) is 17.7. The van der Waals surface area contributed by atoms with Gasteiger partial charge in [0, 0.05) is 0 Å². The Morgan fingerprint density at radius 3 is 2.20 bits per heavy atom. The average Bonchev–Trinajstić information content (AvgIpc) is 2.03. The molecule has 0 bridgehead atoms. The Labute approximate surface area is 92.1 Å². The van der Waals surface area contributed by atoms with Gasteiger partial charge in [-0.3, -0.25) is 4.79 Å². The Morgan fingerprint density at radius 1 is 1.47 bits per heavy atom. The van der Waals surface area contributed by atoms with Gasteiger partial charge < -0.3 is 9.84 Å². The van der Waals surface area contributed by atoms with Gasteiger partial charge >= 0.3 is 5.97 Å². The van der Waals surface area contributed by atoms with Crippen molar-refractivity contribution in [2.75, 3.05) is 6.61 Å². The van der Waals surface area contributed by atoms with Gasteiger partial charge in [0.1, 0.15) is 5.92 Å². The third-order valence-corrected chi connectivity index (χ3v) is 2.90. The van der Waals surface area contributed by atoms with Gasteiger partial charge in [-0.15, -0.1) is 6.58 Å². The van der Waals surface area contributed by atoms with Gasteiger partial charge in [0.15, 0.2) is 0 Å². The molecule has 0 aromatic heterocycles. The van der Waals surface area contributed by atoms with E-state index in [9.17, 15) is 9.90 Å². The molecule has 0 radical (unpaired) electrons. The number of aliphatic hydroxyl groups is 1. The fourth-order valence-electron chi connectivity index (χ4n) is 1.25. The van der Waals surface area contributed by atoms with Gasteiger partial charge in [-0.1, -0.05) is 26.8 Å². The van der Waals surface area contributed by atoms with E-state index in [1.54, 1.807) is 13.8 Å². The maximum Gasteiger partial charge on any atom is 0.315 e. The van der Waals surface area contributed by atoms with Crippen molar-refractivity contribution in [1.82, 2.24) is 0 Å². The van der Waals surface area contributed by atoms with E-state index >= 15 is 0 Å². The van der Waals surface area contributed by atoms with E-state index in [-0.39, 0.29) is 0 Å². The SMILES string of the molecule is C=CC(C(=O)OCC)C(C)(O)C(C)(C)C. The quantitative estimate of drug-likeness (QED) is 0.576. The number of rotatable bonds is 4. The van der Waals surface area contributed by atoms with Gasteiger partial charge in [-0.2, -0.15) is 0 Å². The molecule has 3 heteroatoms. The van der Waals surface area contributed by atoms with Gasteiger partial charge in [0.2, 0.25) is 0 Å². The second kappa shape index (κ2) is 4.79. The number of hydrogen-bond acceptors (Lipinski definition) is 3. The molecule has 2 atom stereocenters. The topological polar surface area (TPSA) is 46.5 Å². The molecule has 0 aromatic carbocycles. The van der Waals surface area contributed by atoms with Crippen molar-refractivity contribution in [3.8, 4) is 0 Å². The fourth-order valence-corrected chi connectivity index (χ4v) is 1.25. The van der Waals surface area contributed by atoms with Crippen LogP contribution >= 0.6 is 0 Å². The molecule has 0 saturated carbocycles. The lowest BCUT2D eigenvalue weighted by molar-refractivity contribution is -0.161. The first-order valence-electron chi connectivity index (χ1n) is 5.20. The summed E-state index contributed by atoms with van der Waals surface area (Å²) in [6.07, 6.45) is 1.45. The van der Waals surface area contributed by atoms with Crippen LogP contribution in [0.5, 0.6) is 0 Å². The van der Waals surface area contributed by atoms with E-state index in [0.717, 1.165) is 0 Å². The van der Waals surface area contributed by atoms with E-state index in [2.05, 4.69) is 6.58 Å². The molecule has 0 amide bonds. The lowest BCUT2D eigenvalue weighted by Crippen LogP contribution is -2.49. The standard InChI is InChI=1S/C12H22O3/c1-7-9(10(13)15-8-2)12(6,14)11(3,4)5/h7,9,14H,1,8H2,2-6H3.